The first kappa shape index (κ1) is 8.63. The lowest BCUT2D eigenvalue weighted by Crippen LogP contribution is -2.02. The van der Waals surface area contributed by atoms with Crippen molar-refractivity contribution >= 4 is 33.0 Å². The normalized spacial score (nSPS) is 16.9. The fraction of sp³-hybridized carbons (Fsp3) is 0.250. The molecule has 0 aromatic heterocycles. The average molecular weight is 228 g/mol. The number of alkyl halides is 1. The minimum absolute atomic E-state index is 0.636. The van der Waals surface area contributed by atoms with Gasteiger partial charge in [-0.05, 0) is 11.6 Å². The molecule has 0 fully saturated rings. The smallest absolute Gasteiger partial charge is 0.100 e. The van der Waals surface area contributed by atoms with Crippen LogP contribution in [0.15, 0.2) is 23.3 Å². The molecule has 3 heteroatoms. The van der Waals surface area contributed by atoms with Crippen molar-refractivity contribution < 1.29 is 0 Å². The van der Waals surface area contributed by atoms with Crippen molar-refractivity contribution in [1.82, 2.24) is 0 Å². The number of halogens is 1. The molecule has 0 unspecified atom stereocenters. The minimum atomic E-state index is 0.636. The molecule has 11 heavy (non-hydrogen) atoms. The second-order valence-electron chi connectivity index (χ2n) is 2.21. The van der Waals surface area contributed by atoms with Gasteiger partial charge in [0, 0.05) is 16.6 Å². The Morgan fingerprint density at radius 3 is 3.00 bits per heavy atom. The summed E-state index contributed by atoms with van der Waals surface area (Å²) >= 11 is 8.30. The Hall–Kier alpha value is -0.460. The molecule has 0 atom stereocenters. The molecule has 1 aliphatic carbocycles. The highest BCUT2D eigenvalue weighted by Gasteiger charge is 2.08. The van der Waals surface area contributed by atoms with Gasteiger partial charge in [-0.1, -0.05) is 34.2 Å². The molecular formula is C8H6BrNS. The topological polar surface area (TPSA) is 23.8 Å². The summed E-state index contributed by atoms with van der Waals surface area (Å²) in [7, 11) is 0. The third kappa shape index (κ3) is 1.98. The zero-order valence-electron chi connectivity index (χ0n) is 5.80. The van der Waals surface area contributed by atoms with Gasteiger partial charge in [0.1, 0.15) is 6.07 Å². The van der Waals surface area contributed by atoms with Gasteiger partial charge in [-0.3, -0.25) is 0 Å². The molecule has 0 saturated carbocycles. The molecule has 0 aromatic carbocycles. The maximum Gasteiger partial charge on any atom is 0.100 e. The number of allylic oxidation sites excluding steroid dienone is 4. The highest BCUT2D eigenvalue weighted by molar-refractivity contribution is 9.09. The Labute approximate surface area is 79.5 Å². The van der Waals surface area contributed by atoms with Crippen LogP contribution in [0.4, 0.5) is 0 Å². The SMILES string of the molecule is N#CC1=CC(CBr)=CCC1=S. The summed E-state index contributed by atoms with van der Waals surface area (Å²) in [6.07, 6.45) is 4.61. The average Bonchev–Trinajstić information content (AvgIpc) is 2.05. The van der Waals surface area contributed by atoms with E-state index in [0.717, 1.165) is 22.2 Å². The van der Waals surface area contributed by atoms with Crippen molar-refractivity contribution in [1.29, 1.82) is 5.26 Å². The summed E-state index contributed by atoms with van der Waals surface area (Å²) in [5.74, 6) is 0. The lowest BCUT2D eigenvalue weighted by Gasteiger charge is -2.06. The van der Waals surface area contributed by atoms with Gasteiger partial charge in [0.25, 0.3) is 0 Å². The third-order valence-corrected chi connectivity index (χ3v) is 2.49. The molecule has 0 radical (unpaired) electrons. The van der Waals surface area contributed by atoms with E-state index in [1.165, 1.54) is 0 Å². The zero-order valence-corrected chi connectivity index (χ0v) is 8.20. The van der Waals surface area contributed by atoms with Crippen molar-refractivity contribution in [2.75, 3.05) is 5.33 Å². The highest BCUT2D eigenvalue weighted by Crippen LogP contribution is 2.16. The molecule has 1 rings (SSSR count). The first-order valence-electron chi connectivity index (χ1n) is 3.18. The van der Waals surface area contributed by atoms with Crippen LogP contribution in [0.1, 0.15) is 6.42 Å². The molecule has 1 nitrogen and oxygen atoms in total. The van der Waals surface area contributed by atoms with Gasteiger partial charge < -0.3 is 0 Å². The lowest BCUT2D eigenvalue weighted by molar-refractivity contribution is 1.36. The van der Waals surface area contributed by atoms with Crippen molar-refractivity contribution in [3.05, 3.63) is 23.3 Å². The molecule has 0 spiro atoms. The van der Waals surface area contributed by atoms with Gasteiger partial charge >= 0.3 is 0 Å². The Bertz CT molecular complexity index is 283. The first-order valence-corrected chi connectivity index (χ1v) is 4.71. The first-order chi connectivity index (χ1) is 5.27. The van der Waals surface area contributed by atoms with E-state index in [9.17, 15) is 0 Å². The van der Waals surface area contributed by atoms with Crippen LogP contribution in [0.3, 0.4) is 0 Å². The van der Waals surface area contributed by atoms with E-state index in [1.54, 1.807) is 0 Å². The van der Waals surface area contributed by atoms with E-state index >= 15 is 0 Å². The van der Waals surface area contributed by atoms with Crippen LogP contribution >= 0.6 is 28.1 Å². The van der Waals surface area contributed by atoms with Crippen LogP contribution in [-0.4, -0.2) is 10.2 Å². The van der Waals surface area contributed by atoms with Crippen molar-refractivity contribution in [3.8, 4) is 6.07 Å². The Kier molecular flexibility index (Phi) is 2.98. The summed E-state index contributed by atoms with van der Waals surface area (Å²) < 4.78 is 0. The number of nitrogens with zero attached hydrogens (tertiary/aromatic N) is 1. The molecule has 0 heterocycles. The van der Waals surface area contributed by atoms with Gasteiger partial charge in [0.2, 0.25) is 0 Å². The maximum atomic E-state index is 8.63. The molecule has 0 bridgehead atoms. The Balaban J connectivity index is 2.91. The van der Waals surface area contributed by atoms with E-state index in [0.29, 0.717) is 5.57 Å². The van der Waals surface area contributed by atoms with Crippen LogP contribution in [-0.2, 0) is 0 Å². The van der Waals surface area contributed by atoms with Gasteiger partial charge in [-0.2, -0.15) is 5.26 Å². The number of hydrogen-bond donors (Lipinski definition) is 0. The van der Waals surface area contributed by atoms with E-state index < -0.39 is 0 Å². The van der Waals surface area contributed by atoms with Crippen molar-refractivity contribution in [2.24, 2.45) is 0 Å². The monoisotopic (exact) mass is 227 g/mol. The van der Waals surface area contributed by atoms with E-state index in [4.69, 9.17) is 17.5 Å². The van der Waals surface area contributed by atoms with E-state index in [-0.39, 0.29) is 0 Å². The van der Waals surface area contributed by atoms with Gasteiger partial charge in [-0.15, -0.1) is 0 Å². The molecule has 0 N–H and O–H groups in total. The molecule has 0 saturated heterocycles. The predicted molar refractivity (Wildman–Crippen MR) is 52.8 cm³/mol. The summed E-state index contributed by atoms with van der Waals surface area (Å²) in [4.78, 5) is 0.747. The number of rotatable bonds is 1. The quantitative estimate of drug-likeness (QED) is 0.508. The fourth-order valence-corrected chi connectivity index (χ4v) is 1.43. The van der Waals surface area contributed by atoms with E-state index in [2.05, 4.69) is 22.0 Å². The molecule has 0 aliphatic heterocycles. The van der Waals surface area contributed by atoms with E-state index in [1.807, 2.05) is 12.2 Å². The van der Waals surface area contributed by atoms with Crippen LogP contribution in [0.5, 0.6) is 0 Å². The van der Waals surface area contributed by atoms with Crippen LogP contribution in [0.2, 0.25) is 0 Å². The van der Waals surface area contributed by atoms with Crippen LogP contribution < -0.4 is 0 Å². The van der Waals surface area contributed by atoms with Gasteiger partial charge in [-0.25, -0.2) is 0 Å². The molecular weight excluding hydrogens is 222 g/mol. The fourth-order valence-electron chi connectivity index (χ4n) is 0.846. The third-order valence-electron chi connectivity index (χ3n) is 1.45. The maximum absolute atomic E-state index is 8.63. The molecule has 0 amide bonds. The van der Waals surface area contributed by atoms with Gasteiger partial charge in [0.15, 0.2) is 0 Å². The predicted octanol–water partition coefficient (Wildman–Crippen LogP) is 2.53. The second-order valence-corrected chi connectivity index (χ2v) is 3.26. The molecule has 56 valence electrons. The second kappa shape index (κ2) is 3.80. The standard InChI is InChI=1S/C8H6BrNS/c9-4-6-1-2-8(11)7(3-6)5-10/h1,3H,2,4H2. The van der Waals surface area contributed by atoms with Crippen LogP contribution in [0.25, 0.3) is 0 Å². The summed E-state index contributed by atoms with van der Waals surface area (Å²) in [5, 5.41) is 9.42. The lowest BCUT2D eigenvalue weighted by atomic mass is 10.0. The zero-order chi connectivity index (χ0) is 8.27. The minimum Gasteiger partial charge on any atom is -0.192 e. The highest BCUT2D eigenvalue weighted by atomic mass is 79.9. The van der Waals surface area contributed by atoms with Crippen LogP contribution in [0, 0.1) is 11.3 Å². The Morgan fingerprint density at radius 1 is 1.73 bits per heavy atom. The number of thiocarbonyl (C=S) groups is 1. The Morgan fingerprint density at radius 2 is 2.45 bits per heavy atom. The summed E-state index contributed by atoms with van der Waals surface area (Å²) in [6.45, 7) is 0. The summed E-state index contributed by atoms with van der Waals surface area (Å²) in [5.41, 5.74) is 1.77. The number of hydrogen-bond acceptors (Lipinski definition) is 2. The van der Waals surface area contributed by atoms with Gasteiger partial charge in [0.05, 0.1) is 5.57 Å². The molecule has 1 aliphatic rings. The van der Waals surface area contributed by atoms with Crippen molar-refractivity contribution in [2.45, 2.75) is 6.42 Å². The van der Waals surface area contributed by atoms with Crippen molar-refractivity contribution in [3.63, 3.8) is 0 Å². The largest absolute Gasteiger partial charge is 0.192 e. The number of nitriles is 1. The summed E-state index contributed by atoms with van der Waals surface area (Å²) in [6, 6.07) is 2.08. The molecule has 0 aromatic rings.